The monoisotopic (exact) mass is 569 g/mol. The number of hydrogen-bond donors (Lipinski definition) is 1. The Morgan fingerprint density at radius 1 is 1.17 bits per heavy atom. The van der Waals surface area contributed by atoms with Gasteiger partial charge >= 0.3 is 0 Å². The zero-order valence-corrected chi connectivity index (χ0v) is 24.1. The molecule has 1 amide bonds. The maximum Gasteiger partial charge on any atom is 0.283 e. The van der Waals surface area contributed by atoms with E-state index < -0.39 is 11.0 Å². The third kappa shape index (κ3) is 5.69. The fraction of sp³-hybridized carbons (Fsp3) is 0.615. The number of carbonyl (C=O) groups is 1. The Kier molecular flexibility index (Phi) is 7.84. The largest absolute Gasteiger partial charge is 0.371 e. The molecule has 0 spiro atoms. The molecule has 196 valence electrons. The van der Waals surface area contributed by atoms with Crippen molar-refractivity contribution < 1.29 is 13.7 Å². The number of ether oxygens (including phenoxy) is 1. The van der Waals surface area contributed by atoms with Crippen LogP contribution >= 0.6 is 34.5 Å². The summed E-state index contributed by atoms with van der Waals surface area (Å²) in [4.78, 5) is 21.5. The lowest BCUT2D eigenvalue weighted by Gasteiger charge is -2.46. The number of halogens is 2. The predicted octanol–water partition coefficient (Wildman–Crippen LogP) is 6.26. The van der Waals surface area contributed by atoms with E-state index in [1.807, 2.05) is 31.7 Å². The van der Waals surface area contributed by atoms with E-state index in [-0.39, 0.29) is 28.7 Å². The topological polar surface area (TPSA) is 71.5 Å². The first-order valence-corrected chi connectivity index (χ1v) is 15.4. The van der Waals surface area contributed by atoms with Gasteiger partial charge in [-0.2, -0.15) is 0 Å². The number of amides is 1. The smallest absolute Gasteiger partial charge is 0.283 e. The summed E-state index contributed by atoms with van der Waals surface area (Å²) in [5.74, 6) is 0.513. The lowest BCUT2D eigenvalue weighted by molar-refractivity contribution is -0.171. The molecule has 1 N–H and O–H groups in total. The summed E-state index contributed by atoms with van der Waals surface area (Å²) in [5.41, 5.74) is 1.30. The van der Waals surface area contributed by atoms with Crippen molar-refractivity contribution >= 4 is 51.4 Å². The van der Waals surface area contributed by atoms with Crippen molar-refractivity contribution in [2.45, 2.75) is 88.4 Å². The Bertz CT molecular complexity index is 1160. The molecule has 1 saturated carbocycles. The molecule has 1 aromatic carbocycles. The van der Waals surface area contributed by atoms with Crippen LogP contribution in [0.1, 0.15) is 74.8 Å². The van der Waals surface area contributed by atoms with Gasteiger partial charge in [0.15, 0.2) is 5.01 Å². The fourth-order valence-corrected chi connectivity index (χ4v) is 8.26. The Balaban J connectivity index is 1.48. The quantitative estimate of drug-likeness (QED) is 0.445. The molecule has 6 rings (SSSR count). The summed E-state index contributed by atoms with van der Waals surface area (Å²) in [6.45, 7) is 7.08. The third-order valence-electron chi connectivity index (χ3n) is 7.02. The number of hydrogen-bond acceptors (Lipinski definition) is 5. The molecule has 3 atom stereocenters. The van der Waals surface area contributed by atoms with Gasteiger partial charge in [0.2, 0.25) is 0 Å². The number of fused-ring (bicyclic) bond motifs is 2. The van der Waals surface area contributed by atoms with E-state index in [0.717, 1.165) is 29.0 Å². The highest BCUT2D eigenvalue weighted by Crippen LogP contribution is 2.43. The highest BCUT2D eigenvalue weighted by Gasteiger charge is 2.41. The molecule has 6 nitrogen and oxygen atoms in total. The van der Waals surface area contributed by atoms with Crippen LogP contribution in [0.4, 0.5) is 0 Å². The standard InChI is InChI=1S/C26H33Cl2N3O3S2/c1-26(2,3)30-36(33)20-10-9-18(21(27)22(20)28)23-19(11-15-7-5-4-6-8-15)29-24(35-23)25(32)31-13-16-12-17(14-31)34-16/h9-10,15-17,30H,4-8,11-14H2,1-3H3. The van der Waals surface area contributed by atoms with Gasteiger partial charge in [-0.05, 0) is 39.2 Å². The molecular weight excluding hydrogens is 537 g/mol. The molecule has 2 bridgehead atoms. The average molecular weight is 571 g/mol. The second kappa shape index (κ2) is 10.6. The number of rotatable bonds is 6. The van der Waals surface area contributed by atoms with Crippen molar-refractivity contribution in [3.63, 3.8) is 0 Å². The number of piperidine rings is 1. The minimum atomic E-state index is -1.51. The Labute approximate surface area is 229 Å². The molecule has 3 unspecified atom stereocenters. The Morgan fingerprint density at radius 3 is 2.47 bits per heavy atom. The molecule has 4 fully saturated rings. The number of thiazole rings is 1. The lowest BCUT2D eigenvalue weighted by atomic mass is 9.85. The van der Waals surface area contributed by atoms with Gasteiger partial charge in [0.1, 0.15) is 11.0 Å². The van der Waals surface area contributed by atoms with E-state index in [1.54, 1.807) is 6.07 Å². The summed E-state index contributed by atoms with van der Waals surface area (Å²) in [6.07, 6.45) is 8.27. The lowest BCUT2D eigenvalue weighted by Crippen LogP contribution is -2.58. The minimum absolute atomic E-state index is 0.0385. The zero-order valence-electron chi connectivity index (χ0n) is 20.9. The highest BCUT2D eigenvalue weighted by atomic mass is 35.5. The van der Waals surface area contributed by atoms with Crippen LogP contribution in [0.3, 0.4) is 0 Å². The summed E-state index contributed by atoms with van der Waals surface area (Å²) in [6, 6.07) is 3.63. The van der Waals surface area contributed by atoms with E-state index in [1.165, 1.54) is 43.4 Å². The van der Waals surface area contributed by atoms with Crippen LogP contribution in [0.5, 0.6) is 0 Å². The van der Waals surface area contributed by atoms with E-state index in [0.29, 0.717) is 33.9 Å². The van der Waals surface area contributed by atoms with Crippen LogP contribution in [0, 0.1) is 5.92 Å². The fourth-order valence-electron chi connectivity index (χ4n) is 5.30. The molecule has 2 aromatic rings. The van der Waals surface area contributed by atoms with Gasteiger partial charge in [-0.25, -0.2) is 13.9 Å². The summed E-state index contributed by atoms with van der Waals surface area (Å²) in [5, 5.41) is 1.10. The highest BCUT2D eigenvalue weighted by molar-refractivity contribution is 7.83. The molecule has 10 heteroatoms. The second-order valence-corrected chi connectivity index (χ2v) is 14.1. The zero-order chi connectivity index (χ0) is 25.6. The number of nitrogens with zero attached hydrogens (tertiary/aromatic N) is 2. The van der Waals surface area contributed by atoms with Gasteiger partial charge in [0, 0.05) is 30.6 Å². The SMILES string of the molecule is CC(C)(C)NS(=O)c1ccc(-c2sc(C(=O)N3CC4CC(C3)O4)nc2CC2CCCCC2)c(Cl)c1Cl. The number of benzene rings is 1. The molecule has 4 aliphatic rings. The third-order valence-corrected chi connectivity index (χ3v) is 10.7. The molecule has 36 heavy (non-hydrogen) atoms. The Hall–Kier alpha value is -1.03. The molecule has 1 aromatic heterocycles. The number of aromatic nitrogens is 1. The summed E-state index contributed by atoms with van der Waals surface area (Å²) in [7, 11) is -1.51. The van der Waals surface area contributed by atoms with Crippen molar-refractivity contribution in [2.24, 2.45) is 5.92 Å². The van der Waals surface area contributed by atoms with Gasteiger partial charge in [-0.1, -0.05) is 61.4 Å². The number of carbonyl (C=O) groups excluding carboxylic acids is 1. The van der Waals surface area contributed by atoms with Crippen LogP contribution < -0.4 is 4.72 Å². The van der Waals surface area contributed by atoms with Crippen LogP contribution in [0.15, 0.2) is 17.0 Å². The van der Waals surface area contributed by atoms with Crippen LogP contribution in [0.2, 0.25) is 10.0 Å². The average Bonchev–Trinajstić information content (AvgIpc) is 3.22. The molecular formula is C26H33Cl2N3O3S2. The van der Waals surface area contributed by atoms with Gasteiger partial charge in [-0.15, -0.1) is 11.3 Å². The van der Waals surface area contributed by atoms with Crippen LogP contribution in [0.25, 0.3) is 10.4 Å². The first kappa shape index (κ1) is 26.6. The van der Waals surface area contributed by atoms with Crippen molar-refractivity contribution in [2.75, 3.05) is 13.1 Å². The molecule has 0 radical (unpaired) electrons. The first-order chi connectivity index (χ1) is 17.1. The first-order valence-electron chi connectivity index (χ1n) is 12.7. The Morgan fingerprint density at radius 2 is 1.83 bits per heavy atom. The van der Waals surface area contributed by atoms with E-state index in [2.05, 4.69) is 4.72 Å². The number of nitrogens with one attached hydrogen (secondary N) is 1. The van der Waals surface area contributed by atoms with Crippen molar-refractivity contribution in [3.8, 4) is 10.4 Å². The van der Waals surface area contributed by atoms with Gasteiger partial charge < -0.3 is 9.64 Å². The van der Waals surface area contributed by atoms with Crippen molar-refractivity contribution in [3.05, 3.63) is 32.9 Å². The predicted molar refractivity (Wildman–Crippen MR) is 146 cm³/mol. The molecule has 4 heterocycles. The molecule has 1 aliphatic carbocycles. The number of morpholine rings is 1. The van der Waals surface area contributed by atoms with Gasteiger partial charge in [-0.3, -0.25) is 4.79 Å². The second-order valence-electron chi connectivity index (χ2n) is 11.2. The van der Waals surface area contributed by atoms with Gasteiger partial charge in [0.25, 0.3) is 5.91 Å². The van der Waals surface area contributed by atoms with Gasteiger partial charge in [0.05, 0.1) is 37.7 Å². The van der Waals surface area contributed by atoms with Crippen LogP contribution in [-0.2, 0) is 22.1 Å². The summed E-state index contributed by atoms with van der Waals surface area (Å²) < 4.78 is 21.7. The molecule has 3 saturated heterocycles. The van der Waals surface area contributed by atoms with E-state index in [4.69, 9.17) is 32.9 Å². The van der Waals surface area contributed by atoms with Crippen LogP contribution in [-0.4, -0.2) is 50.8 Å². The minimum Gasteiger partial charge on any atom is -0.371 e. The van der Waals surface area contributed by atoms with Crippen molar-refractivity contribution in [1.82, 2.24) is 14.6 Å². The maximum absolute atomic E-state index is 13.4. The maximum atomic E-state index is 13.4. The van der Waals surface area contributed by atoms with E-state index in [9.17, 15) is 9.00 Å². The van der Waals surface area contributed by atoms with Crippen molar-refractivity contribution in [1.29, 1.82) is 0 Å². The van der Waals surface area contributed by atoms with E-state index >= 15 is 0 Å². The normalized spacial score (nSPS) is 23.4. The molecule has 3 aliphatic heterocycles. The summed E-state index contributed by atoms with van der Waals surface area (Å²) >= 11 is 14.8.